The highest BCUT2D eigenvalue weighted by atomic mass is 35.5. The van der Waals surface area contributed by atoms with Gasteiger partial charge in [-0.15, -0.1) is 0 Å². The third-order valence-corrected chi connectivity index (χ3v) is 7.46. The molecule has 0 saturated heterocycles. The maximum Gasteiger partial charge on any atom is 0.243 e. The van der Waals surface area contributed by atoms with Gasteiger partial charge < -0.3 is 15.4 Å². The molecule has 2 aromatic carbocycles. The zero-order valence-corrected chi connectivity index (χ0v) is 20.8. The highest BCUT2D eigenvalue weighted by Crippen LogP contribution is 2.29. The lowest BCUT2D eigenvalue weighted by atomic mass is 9.96. The number of halogens is 1. The number of amides is 1. The van der Waals surface area contributed by atoms with Crippen LogP contribution in [0.25, 0.3) is 0 Å². The fraction of sp³-hybridized carbons (Fsp3) is 0.435. The standard InChI is InChI=1S/C23H32ClN3O4S/c1-6-27(7-2)32(29,30)19-12-13-21(31-5)20(14-19)26-22(28)15-25-23(16(3)4)17-8-10-18(24)11-9-17/h8-14,16,23,25H,6-7,15H2,1-5H3,(H,26,28). The number of anilines is 1. The smallest absolute Gasteiger partial charge is 0.243 e. The maximum absolute atomic E-state index is 12.9. The van der Waals surface area contributed by atoms with E-state index in [4.69, 9.17) is 16.3 Å². The molecule has 0 heterocycles. The molecule has 1 amide bonds. The summed E-state index contributed by atoms with van der Waals surface area (Å²) in [6.45, 7) is 8.45. The quantitative estimate of drug-likeness (QED) is 0.499. The molecule has 0 saturated carbocycles. The molecule has 0 radical (unpaired) electrons. The van der Waals surface area contributed by atoms with E-state index in [1.54, 1.807) is 19.9 Å². The van der Waals surface area contributed by atoms with Crippen LogP contribution in [0.5, 0.6) is 5.75 Å². The van der Waals surface area contributed by atoms with Crippen LogP contribution in [0.4, 0.5) is 5.69 Å². The van der Waals surface area contributed by atoms with Crippen molar-refractivity contribution in [3.05, 3.63) is 53.1 Å². The molecule has 176 valence electrons. The number of benzene rings is 2. The molecule has 0 aliphatic carbocycles. The molecule has 2 rings (SSSR count). The molecule has 2 aromatic rings. The topological polar surface area (TPSA) is 87.7 Å². The number of hydrogen-bond donors (Lipinski definition) is 2. The fourth-order valence-corrected chi connectivity index (χ4v) is 5.07. The van der Waals surface area contributed by atoms with Crippen LogP contribution >= 0.6 is 11.6 Å². The number of methoxy groups -OCH3 is 1. The van der Waals surface area contributed by atoms with Gasteiger partial charge in [-0.05, 0) is 41.8 Å². The molecule has 0 aliphatic rings. The zero-order valence-electron chi connectivity index (χ0n) is 19.2. The summed E-state index contributed by atoms with van der Waals surface area (Å²) in [7, 11) is -2.19. The Morgan fingerprint density at radius 1 is 1.09 bits per heavy atom. The minimum atomic E-state index is -3.66. The highest BCUT2D eigenvalue weighted by molar-refractivity contribution is 7.89. The van der Waals surface area contributed by atoms with Crippen LogP contribution in [0.15, 0.2) is 47.4 Å². The van der Waals surface area contributed by atoms with Crippen molar-refractivity contribution < 1.29 is 17.9 Å². The molecule has 0 bridgehead atoms. The van der Waals surface area contributed by atoms with Gasteiger partial charge >= 0.3 is 0 Å². The van der Waals surface area contributed by atoms with Crippen LogP contribution in [-0.4, -0.2) is 45.4 Å². The van der Waals surface area contributed by atoms with Gasteiger partial charge in [0.15, 0.2) is 0 Å². The van der Waals surface area contributed by atoms with Crippen LogP contribution in [0.1, 0.15) is 39.3 Å². The van der Waals surface area contributed by atoms with Gasteiger partial charge in [-0.25, -0.2) is 8.42 Å². The predicted molar refractivity (Wildman–Crippen MR) is 129 cm³/mol. The van der Waals surface area contributed by atoms with Crippen molar-refractivity contribution in [3.63, 3.8) is 0 Å². The molecule has 7 nitrogen and oxygen atoms in total. The summed E-state index contributed by atoms with van der Waals surface area (Å²) >= 11 is 5.98. The summed E-state index contributed by atoms with van der Waals surface area (Å²) in [6, 6.07) is 11.9. The lowest BCUT2D eigenvalue weighted by Crippen LogP contribution is -2.34. The van der Waals surface area contributed by atoms with Gasteiger partial charge in [0.05, 0.1) is 24.2 Å². The predicted octanol–water partition coefficient (Wildman–Crippen LogP) is 4.30. The number of sulfonamides is 1. The van der Waals surface area contributed by atoms with E-state index in [1.807, 2.05) is 24.3 Å². The highest BCUT2D eigenvalue weighted by Gasteiger charge is 2.23. The third kappa shape index (κ3) is 6.45. The van der Waals surface area contributed by atoms with Crippen molar-refractivity contribution in [2.75, 3.05) is 32.1 Å². The van der Waals surface area contributed by atoms with E-state index < -0.39 is 10.0 Å². The van der Waals surface area contributed by atoms with E-state index in [1.165, 1.54) is 23.5 Å². The number of carbonyl (C=O) groups excluding carboxylic acids is 1. The van der Waals surface area contributed by atoms with E-state index in [-0.39, 0.29) is 29.3 Å². The third-order valence-electron chi connectivity index (χ3n) is 5.17. The van der Waals surface area contributed by atoms with Gasteiger partial charge in [0, 0.05) is 24.2 Å². The Morgan fingerprint density at radius 3 is 2.25 bits per heavy atom. The Bertz CT molecular complexity index is 1010. The Kier molecular flexibility index (Phi) is 9.51. The van der Waals surface area contributed by atoms with Gasteiger partial charge in [-0.1, -0.05) is 51.4 Å². The van der Waals surface area contributed by atoms with Gasteiger partial charge in [-0.3, -0.25) is 4.79 Å². The van der Waals surface area contributed by atoms with Crippen molar-refractivity contribution >= 4 is 33.2 Å². The summed E-state index contributed by atoms with van der Waals surface area (Å²) in [5.41, 5.74) is 1.34. The normalized spacial score (nSPS) is 12.8. The minimum Gasteiger partial charge on any atom is -0.495 e. The second kappa shape index (κ2) is 11.7. The molecule has 2 N–H and O–H groups in total. The number of carbonyl (C=O) groups is 1. The lowest BCUT2D eigenvalue weighted by molar-refractivity contribution is -0.115. The van der Waals surface area contributed by atoms with Crippen LogP contribution in [-0.2, 0) is 14.8 Å². The SMILES string of the molecule is CCN(CC)S(=O)(=O)c1ccc(OC)c(NC(=O)CNC(c2ccc(Cl)cc2)C(C)C)c1. The molecule has 0 aliphatic heterocycles. The second-order valence-electron chi connectivity index (χ2n) is 7.65. The van der Waals surface area contributed by atoms with E-state index >= 15 is 0 Å². The van der Waals surface area contributed by atoms with Gasteiger partial charge in [0.25, 0.3) is 0 Å². The molecule has 0 fully saturated rings. The lowest BCUT2D eigenvalue weighted by Gasteiger charge is -2.23. The molecule has 0 spiro atoms. The van der Waals surface area contributed by atoms with Crippen molar-refractivity contribution in [1.29, 1.82) is 0 Å². The molecule has 32 heavy (non-hydrogen) atoms. The molecular weight excluding hydrogens is 450 g/mol. The van der Waals surface area contributed by atoms with Crippen molar-refractivity contribution in [2.45, 2.75) is 38.6 Å². The van der Waals surface area contributed by atoms with E-state index in [9.17, 15) is 13.2 Å². The van der Waals surface area contributed by atoms with Crippen molar-refractivity contribution in [3.8, 4) is 5.75 Å². The number of rotatable bonds is 11. The number of ether oxygens (including phenoxy) is 1. The summed E-state index contributed by atoms with van der Waals surface area (Å²) in [5.74, 6) is 0.316. The summed E-state index contributed by atoms with van der Waals surface area (Å²) < 4.78 is 32.4. The van der Waals surface area contributed by atoms with Crippen LogP contribution < -0.4 is 15.4 Å². The van der Waals surface area contributed by atoms with Gasteiger partial charge in [-0.2, -0.15) is 4.31 Å². The Balaban J connectivity index is 2.18. The van der Waals surface area contributed by atoms with Gasteiger partial charge in [0.2, 0.25) is 15.9 Å². The number of nitrogens with one attached hydrogen (secondary N) is 2. The molecule has 1 atom stereocenters. The average Bonchev–Trinajstić information content (AvgIpc) is 2.75. The van der Waals surface area contributed by atoms with Crippen LogP contribution in [0.3, 0.4) is 0 Å². The largest absolute Gasteiger partial charge is 0.495 e. The van der Waals surface area contributed by atoms with Crippen molar-refractivity contribution in [1.82, 2.24) is 9.62 Å². The first kappa shape index (κ1) is 26.1. The van der Waals surface area contributed by atoms with E-state index in [0.717, 1.165) is 5.56 Å². The number of hydrogen-bond acceptors (Lipinski definition) is 5. The Labute approximate surface area is 196 Å². The van der Waals surface area contributed by atoms with Crippen molar-refractivity contribution in [2.24, 2.45) is 5.92 Å². The Hall–Kier alpha value is -2.13. The van der Waals surface area contributed by atoms with Gasteiger partial charge in [0.1, 0.15) is 5.75 Å². The maximum atomic E-state index is 12.9. The zero-order chi connectivity index (χ0) is 23.9. The molecule has 0 aromatic heterocycles. The van der Waals surface area contributed by atoms with E-state index in [0.29, 0.717) is 29.5 Å². The molecular formula is C23H32ClN3O4S. The molecule has 1 unspecified atom stereocenters. The van der Waals surface area contributed by atoms with E-state index in [2.05, 4.69) is 24.5 Å². The fourth-order valence-electron chi connectivity index (χ4n) is 3.46. The molecule has 9 heteroatoms. The first-order valence-electron chi connectivity index (χ1n) is 10.6. The summed E-state index contributed by atoms with van der Waals surface area (Å²) in [4.78, 5) is 12.8. The monoisotopic (exact) mass is 481 g/mol. The first-order chi connectivity index (χ1) is 15.1. The van der Waals surface area contributed by atoms with Crippen LogP contribution in [0, 0.1) is 5.92 Å². The summed E-state index contributed by atoms with van der Waals surface area (Å²) in [6.07, 6.45) is 0. The Morgan fingerprint density at radius 2 is 1.72 bits per heavy atom. The average molecular weight is 482 g/mol. The van der Waals surface area contributed by atoms with Crippen LogP contribution in [0.2, 0.25) is 5.02 Å². The second-order valence-corrected chi connectivity index (χ2v) is 10.0. The minimum absolute atomic E-state index is 0.0433. The summed E-state index contributed by atoms with van der Waals surface area (Å²) in [5, 5.41) is 6.70. The number of nitrogens with zero attached hydrogens (tertiary/aromatic N) is 1. The first-order valence-corrected chi connectivity index (χ1v) is 12.4.